The minimum absolute atomic E-state index is 0.382. The fraction of sp³-hybridized carbons (Fsp3) is 0.471. The molecule has 1 fully saturated rings. The van der Waals surface area contributed by atoms with Gasteiger partial charge in [-0.15, -0.1) is 0 Å². The van der Waals surface area contributed by atoms with Crippen molar-refractivity contribution in [3.8, 4) is 0 Å². The third kappa shape index (κ3) is 3.45. The first-order valence-corrected chi connectivity index (χ1v) is 8.85. The molecule has 2 aromatic rings. The van der Waals surface area contributed by atoms with Gasteiger partial charge in [-0.2, -0.15) is 4.98 Å². The molecule has 6 nitrogen and oxygen atoms in total. The van der Waals surface area contributed by atoms with E-state index in [0.29, 0.717) is 6.04 Å². The topological polar surface area (TPSA) is 48.4 Å². The van der Waals surface area contributed by atoms with Crippen LogP contribution in [0.4, 0.5) is 17.6 Å². The van der Waals surface area contributed by atoms with Crippen LogP contribution in [-0.4, -0.2) is 55.2 Å². The summed E-state index contributed by atoms with van der Waals surface area (Å²) in [5, 5.41) is 0. The first kappa shape index (κ1) is 17.0. The van der Waals surface area contributed by atoms with E-state index in [0.717, 1.165) is 41.6 Å². The predicted octanol–water partition coefficient (Wildman–Crippen LogP) is 2.72. The highest BCUT2D eigenvalue weighted by Gasteiger charge is 2.28. The van der Waals surface area contributed by atoms with E-state index in [9.17, 15) is 0 Å². The van der Waals surface area contributed by atoms with Crippen LogP contribution in [-0.2, 0) is 0 Å². The molecule has 0 amide bonds. The number of aryl methyl sites for hydroxylation is 1. The summed E-state index contributed by atoms with van der Waals surface area (Å²) in [4.78, 5) is 20.2. The second-order valence-corrected chi connectivity index (χ2v) is 7.32. The van der Waals surface area contributed by atoms with E-state index in [4.69, 9.17) is 0 Å². The molecule has 7 heteroatoms. The summed E-state index contributed by atoms with van der Waals surface area (Å²) in [6.45, 7) is 4.03. The number of aromatic nitrogens is 3. The van der Waals surface area contributed by atoms with Gasteiger partial charge in [-0.05, 0) is 47.0 Å². The second kappa shape index (κ2) is 6.93. The Balaban J connectivity index is 1.74. The van der Waals surface area contributed by atoms with Crippen molar-refractivity contribution in [3.05, 3.63) is 34.6 Å². The lowest BCUT2D eigenvalue weighted by Crippen LogP contribution is -2.36. The molecule has 1 atom stereocenters. The van der Waals surface area contributed by atoms with E-state index in [1.165, 1.54) is 5.56 Å². The predicted molar refractivity (Wildman–Crippen MR) is 102 cm³/mol. The molecule has 24 heavy (non-hydrogen) atoms. The summed E-state index contributed by atoms with van der Waals surface area (Å²) >= 11 is 3.48. The van der Waals surface area contributed by atoms with Crippen molar-refractivity contribution in [1.82, 2.24) is 15.0 Å². The van der Waals surface area contributed by atoms with Crippen molar-refractivity contribution in [3.63, 3.8) is 0 Å². The number of rotatable bonds is 4. The second-order valence-electron chi connectivity index (χ2n) is 6.40. The average Bonchev–Trinajstić information content (AvgIpc) is 3.04. The van der Waals surface area contributed by atoms with Crippen molar-refractivity contribution < 1.29 is 0 Å². The molecule has 1 unspecified atom stereocenters. The molecule has 3 rings (SSSR count). The van der Waals surface area contributed by atoms with Crippen LogP contribution in [0.15, 0.2) is 29.0 Å². The number of hydrogen-bond donors (Lipinski definition) is 0. The molecule has 128 valence electrons. The maximum Gasteiger partial charge on any atom is 0.227 e. The molecule has 0 saturated carbocycles. The molecular formula is C17H23BrN6. The summed E-state index contributed by atoms with van der Waals surface area (Å²) in [5.74, 6) is 2.76. The highest BCUT2D eigenvalue weighted by molar-refractivity contribution is 9.10. The average molecular weight is 391 g/mol. The molecule has 0 bridgehead atoms. The first-order chi connectivity index (χ1) is 11.5. The van der Waals surface area contributed by atoms with E-state index in [1.54, 1.807) is 0 Å². The van der Waals surface area contributed by atoms with Gasteiger partial charge in [0.1, 0.15) is 11.6 Å². The number of pyridine rings is 1. The number of likely N-dealkylation sites (N-methyl/N-ethyl adjacent to an activating group) is 1. The van der Waals surface area contributed by atoms with Gasteiger partial charge < -0.3 is 14.7 Å². The number of nitrogens with zero attached hydrogens (tertiary/aromatic N) is 6. The highest BCUT2D eigenvalue weighted by atomic mass is 79.9. The summed E-state index contributed by atoms with van der Waals surface area (Å²) in [5.41, 5.74) is 1.19. The Morgan fingerprint density at radius 1 is 1.25 bits per heavy atom. The third-order valence-corrected chi connectivity index (χ3v) is 4.86. The van der Waals surface area contributed by atoms with Gasteiger partial charge in [-0.1, -0.05) is 0 Å². The number of hydrogen-bond acceptors (Lipinski definition) is 6. The van der Waals surface area contributed by atoms with Crippen LogP contribution in [0.3, 0.4) is 0 Å². The van der Waals surface area contributed by atoms with E-state index >= 15 is 0 Å². The SMILES string of the molecule is Cc1cc(Br)cnc1N1CCC(N(C)c2nccc(N(C)C)n2)C1. The molecular weight excluding hydrogens is 368 g/mol. The lowest BCUT2D eigenvalue weighted by Gasteiger charge is -2.26. The van der Waals surface area contributed by atoms with Gasteiger partial charge in [0.2, 0.25) is 5.95 Å². The Morgan fingerprint density at radius 3 is 2.75 bits per heavy atom. The van der Waals surface area contributed by atoms with E-state index in [-0.39, 0.29) is 0 Å². The third-order valence-electron chi connectivity index (χ3n) is 4.43. The van der Waals surface area contributed by atoms with Crippen LogP contribution in [0.1, 0.15) is 12.0 Å². The van der Waals surface area contributed by atoms with Crippen LogP contribution in [0.2, 0.25) is 0 Å². The van der Waals surface area contributed by atoms with E-state index in [2.05, 4.69) is 60.7 Å². The fourth-order valence-corrected chi connectivity index (χ4v) is 3.48. The molecule has 1 aliphatic rings. The van der Waals surface area contributed by atoms with Crippen molar-refractivity contribution >= 4 is 33.5 Å². The minimum Gasteiger partial charge on any atom is -0.363 e. The maximum atomic E-state index is 4.64. The Morgan fingerprint density at radius 2 is 2.04 bits per heavy atom. The van der Waals surface area contributed by atoms with Crippen molar-refractivity contribution in [2.45, 2.75) is 19.4 Å². The Kier molecular flexibility index (Phi) is 4.89. The van der Waals surface area contributed by atoms with Crippen LogP contribution in [0.25, 0.3) is 0 Å². The molecule has 0 spiro atoms. The van der Waals surface area contributed by atoms with Crippen LogP contribution in [0.5, 0.6) is 0 Å². The van der Waals surface area contributed by atoms with E-state index < -0.39 is 0 Å². The van der Waals surface area contributed by atoms with Gasteiger partial charge in [-0.25, -0.2) is 9.97 Å². The maximum absolute atomic E-state index is 4.64. The zero-order chi connectivity index (χ0) is 17.3. The van der Waals surface area contributed by atoms with Crippen molar-refractivity contribution in [1.29, 1.82) is 0 Å². The summed E-state index contributed by atoms with van der Waals surface area (Å²) in [7, 11) is 6.06. The first-order valence-electron chi connectivity index (χ1n) is 8.06. The molecule has 0 radical (unpaired) electrons. The fourth-order valence-electron chi connectivity index (χ4n) is 3.04. The van der Waals surface area contributed by atoms with Gasteiger partial charge in [-0.3, -0.25) is 0 Å². The van der Waals surface area contributed by atoms with Gasteiger partial charge in [0, 0.05) is 51.1 Å². The zero-order valence-corrected chi connectivity index (χ0v) is 16.2. The Bertz CT molecular complexity index is 720. The highest BCUT2D eigenvalue weighted by Crippen LogP contribution is 2.27. The summed E-state index contributed by atoms with van der Waals surface area (Å²) in [6.07, 6.45) is 4.76. The molecule has 1 saturated heterocycles. The minimum atomic E-state index is 0.382. The molecule has 1 aliphatic heterocycles. The summed E-state index contributed by atoms with van der Waals surface area (Å²) < 4.78 is 1.02. The monoisotopic (exact) mass is 390 g/mol. The largest absolute Gasteiger partial charge is 0.363 e. The molecule has 0 aliphatic carbocycles. The lowest BCUT2D eigenvalue weighted by molar-refractivity contribution is 0.673. The quantitative estimate of drug-likeness (QED) is 0.799. The lowest BCUT2D eigenvalue weighted by atomic mass is 10.2. The molecule has 3 heterocycles. The van der Waals surface area contributed by atoms with Gasteiger partial charge in [0.05, 0.1) is 6.04 Å². The molecule has 2 aromatic heterocycles. The van der Waals surface area contributed by atoms with Crippen LogP contribution < -0.4 is 14.7 Å². The molecule has 0 aromatic carbocycles. The van der Waals surface area contributed by atoms with Gasteiger partial charge in [0.15, 0.2) is 0 Å². The van der Waals surface area contributed by atoms with Crippen LogP contribution >= 0.6 is 15.9 Å². The summed E-state index contributed by atoms with van der Waals surface area (Å²) in [6, 6.07) is 4.42. The standard InChI is InChI=1S/C17H23BrN6/c1-12-9-13(18)10-20-16(12)24-8-6-14(11-24)23(4)17-19-7-5-15(21-17)22(2)3/h5,7,9-10,14H,6,8,11H2,1-4H3. The Labute approximate surface area is 151 Å². The van der Waals surface area contributed by atoms with Crippen molar-refractivity contribution in [2.24, 2.45) is 0 Å². The number of anilines is 3. The zero-order valence-electron chi connectivity index (χ0n) is 14.6. The van der Waals surface area contributed by atoms with Gasteiger partial charge in [0.25, 0.3) is 0 Å². The van der Waals surface area contributed by atoms with Crippen LogP contribution in [0, 0.1) is 6.92 Å². The number of halogens is 1. The van der Waals surface area contributed by atoms with Gasteiger partial charge >= 0.3 is 0 Å². The van der Waals surface area contributed by atoms with Crippen molar-refractivity contribution in [2.75, 3.05) is 48.9 Å². The normalized spacial score (nSPS) is 17.2. The molecule has 0 N–H and O–H groups in total. The van der Waals surface area contributed by atoms with E-state index in [1.807, 2.05) is 37.5 Å². The Hall–Kier alpha value is -1.89. The smallest absolute Gasteiger partial charge is 0.227 e.